The maximum Gasteiger partial charge on any atom is 0.111 e. The van der Waals surface area contributed by atoms with Gasteiger partial charge in [-0.2, -0.15) is 0 Å². The molecule has 0 bridgehead atoms. The molecule has 0 radical (unpaired) electrons. The van der Waals surface area contributed by atoms with Crippen molar-refractivity contribution in [1.29, 1.82) is 0 Å². The van der Waals surface area contributed by atoms with E-state index in [2.05, 4.69) is 53.8 Å². The molecule has 0 amide bonds. The first-order chi connectivity index (χ1) is 9.87. The van der Waals surface area contributed by atoms with Crippen LogP contribution < -0.4 is 5.32 Å². The highest BCUT2D eigenvalue weighted by molar-refractivity contribution is 7.99. The first-order valence-corrected chi connectivity index (χ1v) is 7.89. The molecule has 0 aliphatic carbocycles. The molecule has 1 unspecified atom stereocenters. The average molecular weight is 283 g/mol. The Morgan fingerprint density at radius 1 is 1.00 bits per heavy atom. The second-order valence-electron chi connectivity index (χ2n) is 5.40. The van der Waals surface area contributed by atoms with Crippen LogP contribution >= 0.6 is 11.8 Å². The molecular formula is C17H17NOS. The zero-order valence-corrected chi connectivity index (χ0v) is 12.1. The van der Waals surface area contributed by atoms with Gasteiger partial charge in [0, 0.05) is 29.3 Å². The minimum atomic E-state index is -0.214. The number of nitrogens with one attached hydrogen (secondary N) is 1. The molecule has 0 aromatic heterocycles. The summed E-state index contributed by atoms with van der Waals surface area (Å²) in [4.78, 5) is 2.67. The second-order valence-corrected chi connectivity index (χ2v) is 6.49. The highest BCUT2D eigenvalue weighted by Gasteiger charge is 2.39. The van der Waals surface area contributed by atoms with Gasteiger partial charge in [0.15, 0.2) is 0 Å². The predicted octanol–water partition coefficient (Wildman–Crippen LogP) is 3.21. The van der Waals surface area contributed by atoms with Crippen molar-refractivity contribution in [3.05, 3.63) is 59.7 Å². The molecule has 20 heavy (non-hydrogen) atoms. The SMILES string of the molecule is c1ccc2c(c1)CC1(CNCCO1)c1ccccc1S2. The monoisotopic (exact) mass is 283 g/mol. The van der Waals surface area contributed by atoms with E-state index in [0.717, 1.165) is 26.1 Å². The summed E-state index contributed by atoms with van der Waals surface area (Å²) in [6, 6.07) is 17.4. The van der Waals surface area contributed by atoms with Crippen LogP contribution in [0.5, 0.6) is 0 Å². The molecular weight excluding hydrogens is 266 g/mol. The summed E-state index contributed by atoms with van der Waals surface area (Å²) in [5, 5.41) is 3.51. The Labute approximate surface area is 123 Å². The highest BCUT2D eigenvalue weighted by Crippen LogP contribution is 2.45. The standard InChI is InChI=1S/C17H17NOS/c1-3-7-15-13(5-1)11-17(12-18-9-10-19-17)14-6-2-4-8-16(14)20-15/h1-8,18H,9-12H2. The Kier molecular flexibility index (Phi) is 3.06. The van der Waals surface area contributed by atoms with E-state index in [1.165, 1.54) is 20.9 Å². The van der Waals surface area contributed by atoms with Crippen molar-refractivity contribution < 1.29 is 4.74 Å². The zero-order valence-electron chi connectivity index (χ0n) is 11.3. The Morgan fingerprint density at radius 2 is 1.80 bits per heavy atom. The molecule has 2 heterocycles. The van der Waals surface area contributed by atoms with Crippen LogP contribution in [-0.4, -0.2) is 19.7 Å². The third-order valence-electron chi connectivity index (χ3n) is 4.11. The minimum Gasteiger partial charge on any atom is -0.367 e. The fourth-order valence-electron chi connectivity index (χ4n) is 3.15. The van der Waals surface area contributed by atoms with Gasteiger partial charge in [0.2, 0.25) is 0 Å². The quantitative estimate of drug-likeness (QED) is 0.802. The average Bonchev–Trinajstić information content (AvgIpc) is 2.63. The normalized spacial score (nSPS) is 24.8. The highest BCUT2D eigenvalue weighted by atomic mass is 32.2. The first kappa shape index (κ1) is 12.5. The van der Waals surface area contributed by atoms with Crippen LogP contribution in [0.2, 0.25) is 0 Å². The Morgan fingerprint density at radius 3 is 2.65 bits per heavy atom. The molecule has 1 fully saturated rings. The molecule has 1 N–H and O–H groups in total. The van der Waals surface area contributed by atoms with Gasteiger partial charge in [-0.3, -0.25) is 0 Å². The minimum absolute atomic E-state index is 0.214. The van der Waals surface area contributed by atoms with Crippen LogP contribution in [0.3, 0.4) is 0 Å². The summed E-state index contributed by atoms with van der Waals surface area (Å²) in [7, 11) is 0. The van der Waals surface area contributed by atoms with E-state index in [1.54, 1.807) is 0 Å². The molecule has 2 nitrogen and oxygen atoms in total. The third kappa shape index (κ3) is 1.97. The maximum atomic E-state index is 6.29. The lowest BCUT2D eigenvalue weighted by molar-refractivity contribution is -0.0726. The fourth-order valence-corrected chi connectivity index (χ4v) is 4.31. The van der Waals surface area contributed by atoms with Gasteiger partial charge < -0.3 is 10.1 Å². The summed E-state index contributed by atoms with van der Waals surface area (Å²) in [6.45, 7) is 2.61. The molecule has 1 saturated heterocycles. The van der Waals surface area contributed by atoms with Gasteiger partial charge in [-0.05, 0) is 23.3 Å². The largest absolute Gasteiger partial charge is 0.367 e. The third-order valence-corrected chi connectivity index (χ3v) is 5.31. The van der Waals surface area contributed by atoms with Gasteiger partial charge in [-0.1, -0.05) is 48.2 Å². The summed E-state index contributed by atoms with van der Waals surface area (Å²) >= 11 is 1.86. The van der Waals surface area contributed by atoms with E-state index in [1.807, 2.05) is 11.8 Å². The van der Waals surface area contributed by atoms with Gasteiger partial charge in [0.05, 0.1) is 6.61 Å². The van der Waals surface area contributed by atoms with Gasteiger partial charge >= 0.3 is 0 Å². The van der Waals surface area contributed by atoms with E-state index in [4.69, 9.17) is 4.74 Å². The van der Waals surface area contributed by atoms with E-state index in [0.29, 0.717) is 0 Å². The Hall–Kier alpha value is -1.29. The molecule has 102 valence electrons. The fraction of sp³-hybridized carbons (Fsp3) is 0.294. The summed E-state index contributed by atoms with van der Waals surface area (Å²) in [5.74, 6) is 0. The van der Waals surface area contributed by atoms with Crippen LogP contribution in [0.4, 0.5) is 0 Å². The Balaban J connectivity index is 1.90. The molecule has 3 heteroatoms. The van der Waals surface area contributed by atoms with Crippen molar-refractivity contribution in [3.63, 3.8) is 0 Å². The molecule has 0 saturated carbocycles. The lowest BCUT2D eigenvalue weighted by Crippen LogP contribution is -2.49. The molecule has 2 aliphatic heterocycles. The first-order valence-electron chi connectivity index (χ1n) is 7.07. The van der Waals surface area contributed by atoms with Crippen LogP contribution in [0.1, 0.15) is 11.1 Å². The van der Waals surface area contributed by atoms with Crippen LogP contribution in [-0.2, 0) is 16.8 Å². The second kappa shape index (κ2) is 4.92. The van der Waals surface area contributed by atoms with Crippen molar-refractivity contribution in [2.24, 2.45) is 0 Å². The number of fused-ring (bicyclic) bond motifs is 3. The van der Waals surface area contributed by atoms with Crippen molar-refractivity contribution in [1.82, 2.24) is 5.32 Å². The molecule has 2 aromatic carbocycles. The van der Waals surface area contributed by atoms with Crippen LogP contribution in [0.15, 0.2) is 58.3 Å². The van der Waals surface area contributed by atoms with Gasteiger partial charge in [0.25, 0.3) is 0 Å². The van der Waals surface area contributed by atoms with Crippen LogP contribution in [0.25, 0.3) is 0 Å². The lowest BCUT2D eigenvalue weighted by atomic mass is 9.86. The van der Waals surface area contributed by atoms with Crippen molar-refractivity contribution in [2.75, 3.05) is 19.7 Å². The number of rotatable bonds is 0. The van der Waals surface area contributed by atoms with E-state index in [-0.39, 0.29) is 5.60 Å². The number of hydrogen-bond donors (Lipinski definition) is 1. The van der Waals surface area contributed by atoms with Gasteiger partial charge in [-0.15, -0.1) is 0 Å². The van der Waals surface area contributed by atoms with Crippen molar-refractivity contribution in [3.8, 4) is 0 Å². The lowest BCUT2D eigenvalue weighted by Gasteiger charge is -2.38. The van der Waals surface area contributed by atoms with E-state index in [9.17, 15) is 0 Å². The van der Waals surface area contributed by atoms with Crippen molar-refractivity contribution >= 4 is 11.8 Å². The van der Waals surface area contributed by atoms with Crippen molar-refractivity contribution in [2.45, 2.75) is 21.8 Å². The zero-order chi connectivity index (χ0) is 13.4. The summed E-state index contributed by atoms with van der Waals surface area (Å²) < 4.78 is 6.29. The smallest absolute Gasteiger partial charge is 0.111 e. The number of ether oxygens (including phenoxy) is 1. The molecule has 1 atom stereocenters. The maximum absolute atomic E-state index is 6.29. The van der Waals surface area contributed by atoms with Crippen LogP contribution in [0, 0.1) is 0 Å². The molecule has 2 aromatic rings. The van der Waals surface area contributed by atoms with Gasteiger partial charge in [0.1, 0.15) is 5.60 Å². The van der Waals surface area contributed by atoms with E-state index >= 15 is 0 Å². The predicted molar refractivity (Wildman–Crippen MR) is 81.2 cm³/mol. The van der Waals surface area contributed by atoms with E-state index < -0.39 is 0 Å². The number of benzene rings is 2. The topological polar surface area (TPSA) is 21.3 Å². The number of morpholine rings is 1. The summed E-state index contributed by atoms with van der Waals surface area (Å²) in [5.41, 5.74) is 2.50. The number of hydrogen-bond acceptors (Lipinski definition) is 3. The Bertz CT molecular complexity index is 634. The molecule has 1 spiro atoms. The molecule has 4 rings (SSSR count). The summed E-state index contributed by atoms with van der Waals surface area (Å²) in [6.07, 6.45) is 0.945. The van der Waals surface area contributed by atoms with Gasteiger partial charge in [-0.25, -0.2) is 0 Å². The molecule has 2 aliphatic rings.